The second-order valence-electron chi connectivity index (χ2n) is 2.99. The number of nitrogens with one attached hydrogen (secondary N) is 1. The minimum absolute atomic E-state index is 0.137. The fraction of sp³-hybridized carbons (Fsp3) is 0.625. The van der Waals surface area contributed by atoms with Crippen molar-refractivity contribution in [2.24, 2.45) is 0 Å². The Labute approximate surface area is 79.6 Å². The Morgan fingerprint density at radius 2 is 2.00 bits per heavy atom. The molecule has 0 saturated heterocycles. The van der Waals surface area contributed by atoms with E-state index in [2.05, 4.69) is 5.32 Å². The maximum atomic E-state index is 11.8. The predicted octanol–water partition coefficient (Wildman–Crippen LogP) is 0.992. The highest BCUT2D eigenvalue weighted by Crippen LogP contribution is 2.16. The van der Waals surface area contributed by atoms with Gasteiger partial charge in [-0.05, 0) is 13.8 Å². The summed E-state index contributed by atoms with van der Waals surface area (Å²) < 4.78 is 35.3. The van der Waals surface area contributed by atoms with Crippen molar-refractivity contribution in [1.82, 2.24) is 5.32 Å². The third-order valence-corrected chi connectivity index (χ3v) is 1.23. The first-order valence-electron chi connectivity index (χ1n) is 3.96. The molecular weight excluding hydrogens is 199 g/mol. The van der Waals surface area contributed by atoms with Crippen LogP contribution in [0.15, 0.2) is 11.8 Å². The van der Waals surface area contributed by atoms with Crippen LogP contribution in [0.4, 0.5) is 13.2 Å². The van der Waals surface area contributed by atoms with E-state index in [0.717, 1.165) is 0 Å². The molecule has 0 aromatic rings. The summed E-state index contributed by atoms with van der Waals surface area (Å²) in [5, 5.41) is 11.2. The Kier molecular flexibility index (Phi) is 4.62. The molecule has 6 heteroatoms. The first-order chi connectivity index (χ1) is 6.27. The van der Waals surface area contributed by atoms with Crippen LogP contribution in [0.1, 0.15) is 13.8 Å². The van der Waals surface area contributed by atoms with Crippen molar-refractivity contribution in [3.8, 4) is 0 Å². The van der Waals surface area contributed by atoms with Crippen LogP contribution in [0, 0.1) is 0 Å². The molecule has 3 nitrogen and oxygen atoms in total. The van der Waals surface area contributed by atoms with Gasteiger partial charge in [0.25, 0.3) is 5.78 Å². The number of alkyl halides is 3. The van der Waals surface area contributed by atoms with Crippen molar-refractivity contribution in [1.29, 1.82) is 0 Å². The fourth-order valence-electron chi connectivity index (χ4n) is 0.744. The van der Waals surface area contributed by atoms with Gasteiger partial charge in [0, 0.05) is 17.8 Å². The number of ketones is 1. The molecule has 0 fully saturated rings. The summed E-state index contributed by atoms with van der Waals surface area (Å²) >= 11 is 0. The molecule has 82 valence electrons. The Morgan fingerprint density at radius 1 is 1.50 bits per heavy atom. The average Bonchev–Trinajstić information content (AvgIpc) is 2.00. The van der Waals surface area contributed by atoms with Crippen LogP contribution in [0.3, 0.4) is 0 Å². The molecule has 0 saturated carbocycles. The summed E-state index contributed by atoms with van der Waals surface area (Å²) in [4.78, 5) is 10.5. The molecule has 0 aromatic carbocycles. The lowest BCUT2D eigenvalue weighted by molar-refractivity contribution is -0.165. The van der Waals surface area contributed by atoms with Gasteiger partial charge in [-0.2, -0.15) is 13.2 Å². The number of hydrogen-bond donors (Lipinski definition) is 2. The van der Waals surface area contributed by atoms with Gasteiger partial charge in [-0.15, -0.1) is 0 Å². The lowest BCUT2D eigenvalue weighted by Crippen LogP contribution is -2.27. The van der Waals surface area contributed by atoms with Crippen molar-refractivity contribution in [2.75, 3.05) is 6.61 Å². The monoisotopic (exact) mass is 211 g/mol. The lowest BCUT2D eigenvalue weighted by Gasteiger charge is -2.12. The molecule has 0 unspecified atom stereocenters. The largest absolute Gasteiger partial charge is 0.454 e. The molecule has 0 aliphatic carbocycles. The highest BCUT2D eigenvalue weighted by Gasteiger charge is 2.36. The fourth-order valence-corrected chi connectivity index (χ4v) is 0.744. The molecular formula is C8H12F3NO2. The van der Waals surface area contributed by atoms with Crippen LogP contribution in [-0.4, -0.2) is 29.7 Å². The van der Waals surface area contributed by atoms with E-state index in [0.29, 0.717) is 6.08 Å². The van der Waals surface area contributed by atoms with Gasteiger partial charge in [-0.1, -0.05) is 0 Å². The van der Waals surface area contributed by atoms with E-state index in [1.54, 1.807) is 13.8 Å². The van der Waals surface area contributed by atoms with Gasteiger partial charge in [0.05, 0.1) is 6.61 Å². The Morgan fingerprint density at radius 3 is 2.29 bits per heavy atom. The molecule has 0 rings (SSSR count). The number of aliphatic hydroxyl groups is 1. The van der Waals surface area contributed by atoms with Gasteiger partial charge in [-0.3, -0.25) is 4.79 Å². The zero-order valence-corrected chi connectivity index (χ0v) is 7.85. The predicted molar refractivity (Wildman–Crippen MR) is 44.5 cm³/mol. The first kappa shape index (κ1) is 13.0. The van der Waals surface area contributed by atoms with Crippen molar-refractivity contribution >= 4 is 5.78 Å². The second kappa shape index (κ2) is 4.99. The summed E-state index contributed by atoms with van der Waals surface area (Å²) in [5.41, 5.74) is -0.137. The highest BCUT2D eigenvalue weighted by molar-refractivity contribution is 5.94. The van der Waals surface area contributed by atoms with Crippen molar-refractivity contribution in [2.45, 2.75) is 26.1 Å². The Balaban J connectivity index is 4.52. The summed E-state index contributed by atoms with van der Waals surface area (Å²) in [6, 6.07) is -0.144. The van der Waals surface area contributed by atoms with Crippen LogP contribution in [-0.2, 0) is 4.79 Å². The molecule has 0 aromatic heterocycles. The number of carbonyl (C=O) groups is 1. The average molecular weight is 211 g/mol. The van der Waals surface area contributed by atoms with Gasteiger partial charge in [0.1, 0.15) is 0 Å². The SMILES string of the molecule is CC(C)N/C(=C\C(=O)C(F)(F)F)CO. The molecule has 0 aliphatic heterocycles. The standard InChI is InChI=1S/C8H12F3NO2/c1-5(2)12-6(4-13)3-7(14)8(9,10)11/h3,5,12-13H,4H2,1-2H3/b6-3-. The van der Waals surface area contributed by atoms with E-state index in [9.17, 15) is 18.0 Å². The Hall–Kier alpha value is -1.04. The topological polar surface area (TPSA) is 49.3 Å². The van der Waals surface area contributed by atoms with E-state index in [1.165, 1.54) is 0 Å². The first-order valence-corrected chi connectivity index (χ1v) is 3.96. The lowest BCUT2D eigenvalue weighted by atomic mass is 10.2. The normalized spacial score (nSPS) is 13.2. The number of aliphatic hydroxyl groups excluding tert-OH is 1. The molecule has 0 heterocycles. The summed E-state index contributed by atoms with van der Waals surface area (Å²) in [7, 11) is 0. The number of rotatable bonds is 4. The minimum Gasteiger partial charge on any atom is -0.390 e. The molecule has 0 bridgehead atoms. The van der Waals surface area contributed by atoms with E-state index in [4.69, 9.17) is 5.11 Å². The number of hydrogen-bond acceptors (Lipinski definition) is 3. The number of carbonyl (C=O) groups excluding carboxylic acids is 1. The van der Waals surface area contributed by atoms with E-state index in [1.807, 2.05) is 0 Å². The zero-order chi connectivity index (χ0) is 11.4. The van der Waals surface area contributed by atoms with Gasteiger partial charge >= 0.3 is 6.18 Å². The third-order valence-electron chi connectivity index (χ3n) is 1.23. The van der Waals surface area contributed by atoms with E-state index in [-0.39, 0.29) is 11.7 Å². The molecule has 0 spiro atoms. The minimum atomic E-state index is -4.89. The van der Waals surface area contributed by atoms with Gasteiger partial charge in [-0.25, -0.2) is 0 Å². The molecule has 0 atom stereocenters. The number of halogens is 3. The van der Waals surface area contributed by atoms with Gasteiger partial charge in [0.15, 0.2) is 0 Å². The zero-order valence-electron chi connectivity index (χ0n) is 7.85. The quantitative estimate of drug-likeness (QED) is 0.682. The third kappa shape index (κ3) is 4.86. The van der Waals surface area contributed by atoms with Crippen LogP contribution in [0.5, 0.6) is 0 Å². The van der Waals surface area contributed by atoms with Crippen LogP contribution < -0.4 is 5.32 Å². The van der Waals surface area contributed by atoms with Gasteiger partial charge < -0.3 is 10.4 Å². The highest BCUT2D eigenvalue weighted by atomic mass is 19.4. The van der Waals surface area contributed by atoms with Crippen LogP contribution >= 0.6 is 0 Å². The second-order valence-corrected chi connectivity index (χ2v) is 2.99. The summed E-state index contributed by atoms with van der Waals surface area (Å²) in [6.45, 7) is 2.74. The van der Waals surface area contributed by atoms with Gasteiger partial charge in [0.2, 0.25) is 0 Å². The maximum absolute atomic E-state index is 11.8. The molecule has 2 N–H and O–H groups in total. The van der Waals surface area contributed by atoms with E-state index >= 15 is 0 Å². The smallest absolute Gasteiger partial charge is 0.390 e. The van der Waals surface area contributed by atoms with Crippen molar-refractivity contribution in [3.63, 3.8) is 0 Å². The maximum Gasteiger partial charge on any atom is 0.454 e. The molecule has 0 amide bonds. The van der Waals surface area contributed by atoms with E-state index < -0.39 is 18.6 Å². The molecule has 0 aliphatic rings. The summed E-state index contributed by atoms with van der Waals surface area (Å²) in [6.07, 6.45) is -4.53. The van der Waals surface area contributed by atoms with Crippen molar-refractivity contribution < 1.29 is 23.1 Å². The van der Waals surface area contributed by atoms with Crippen molar-refractivity contribution in [3.05, 3.63) is 11.8 Å². The summed E-state index contributed by atoms with van der Waals surface area (Å²) in [5.74, 6) is -1.98. The van der Waals surface area contributed by atoms with Crippen LogP contribution in [0.2, 0.25) is 0 Å². The van der Waals surface area contributed by atoms with Crippen LogP contribution in [0.25, 0.3) is 0 Å². The molecule has 0 radical (unpaired) electrons. The Bertz CT molecular complexity index is 233. The molecule has 14 heavy (non-hydrogen) atoms. The number of allylic oxidation sites excluding steroid dienone is 1.